The van der Waals surface area contributed by atoms with Crippen molar-refractivity contribution in [2.75, 3.05) is 0 Å². The smallest absolute Gasteiger partial charge is 0.240 e. The van der Waals surface area contributed by atoms with E-state index in [0.717, 1.165) is 56.6 Å². The lowest BCUT2D eigenvalue weighted by molar-refractivity contribution is 0.332. The molecule has 0 atom stereocenters. The molecule has 0 saturated heterocycles. The number of hydrogen-bond donors (Lipinski definition) is 0. The van der Waals surface area contributed by atoms with Crippen LogP contribution in [0, 0.1) is 6.57 Å². The summed E-state index contributed by atoms with van der Waals surface area (Å²) in [6.45, 7) is 17.4. The van der Waals surface area contributed by atoms with Gasteiger partial charge in [0.25, 0.3) is 0 Å². The Morgan fingerprint density at radius 1 is 0.433 bits per heavy atom. The quantitative estimate of drug-likeness (QED) is 0.0910. The third kappa shape index (κ3) is 6.31. The van der Waals surface area contributed by atoms with Crippen molar-refractivity contribution in [2.45, 2.75) is 51.4 Å². The maximum absolute atomic E-state index is 7.88. The van der Waals surface area contributed by atoms with E-state index in [9.17, 15) is 0 Å². The highest BCUT2D eigenvalue weighted by atomic mass is 28.3. The first-order valence-electron chi connectivity index (χ1n) is 23.2. The second kappa shape index (κ2) is 15.3. The molecule has 322 valence electrons. The molecule has 1 aliphatic carbocycles. The van der Waals surface area contributed by atoms with Gasteiger partial charge in [-0.15, -0.1) is 0 Å². The molecule has 12 rings (SSSR count). The molecule has 67 heavy (non-hydrogen) atoms. The van der Waals surface area contributed by atoms with Crippen molar-refractivity contribution in [1.82, 2.24) is 24.1 Å². The fourth-order valence-electron chi connectivity index (χ4n) is 11.1. The molecule has 0 amide bonds. The maximum atomic E-state index is 7.88. The van der Waals surface area contributed by atoms with Crippen LogP contribution in [-0.4, -0.2) is 32.2 Å². The third-order valence-corrected chi connectivity index (χ3v) is 19.4. The predicted octanol–water partition coefficient (Wildman–Crippen LogP) is 12.0. The number of rotatable bonds is 7. The van der Waals surface area contributed by atoms with Crippen LogP contribution < -0.4 is 20.7 Å². The molecule has 0 fully saturated rings. The third-order valence-electron chi connectivity index (χ3n) is 14.6. The Balaban J connectivity index is 1.18. The van der Waals surface area contributed by atoms with E-state index in [1.54, 1.807) is 0 Å². The van der Waals surface area contributed by atoms with Crippen molar-refractivity contribution < 1.29 is 0 Å². The molecule has 6 nitrogen and oxygen atoms in total. The van der Waals surface area contributed by atoms with E-state index in [-0.39, 0.29) is 10.8 Å². The van der Waals surface area contributed by atoms with E-state index >= 15 is 0 Å². The average Bonchev–Trinajstić information content (AvgIpc) is 3.88. The van der Waals surface area contributed by atoms with Gasteiger partial charge in [0, 0.05) is 21.7 Å². The number of fused-ring (bicyclic) bond motifs is 7. The van der Waals surface area contributed by atoms with E-state index in [1.807, 2.05) is 18.2 Å². The van der Waals surface area contributed by atoms with Crippen LogP contribution in [-0.2, 0) is 10.8 Å². The van der Waals surface area contributed by atoms with Crippen LogP contribution in [0.15, 0.2) is 194 Å². The molecule has 0 unspecified atom stereocenters. The Bertz CT molecular complexity index is 3670. The number of aromatic nitrogens is 5. The summed E-state index contributed by atoms with van der Waals surface area (Å²) in [5.41, 5.74) is 8.33. The number of hydrogen-bond acceptors (Lipinski definition) is 3. The van der Waals surface area contributed by atoms with Crippen LogP contribution >= 0.6 is 0 Å². The lowest BCUT2D eigenvalue weighted by atomic mass is 9.63. The maximum Gasteiger partial charge on any atom is 0.240 e. The molecule has 3 aromatic heterocycles. The summed E-state index contributed by atoms with van der Waals surface area (Å²) in [5.74, 6) is 1.63. The van der Waals surface area contributed by atoms with Crippen LogP contribution in [0.2, 0.25) is 0 Å². The van der Waals surface area contributed by atoms with Gasteiger partial charge in [-0.25, -0.2) is 4.85 Å². The largest absolute Gasteiger partial charge is 0.278 e. The highest BCUT2D eigenvalue weighted by molar-refractivity contribution is 7.19. The summed E-state index contributed by atoms with van der Waals surface area (Å²) < 4.78 is 4.42. The van der Waals surface area contributed by atoms with E-state index in [4.69, 9.17) is 21.5 Å². The molecular weight excluding hydrogens is 833 g/mol. The molecule has 0 spiro atoms. The van der Waals surface area contributed by atoms with Crippen LogP contribution in [0.3, 0.4) is 0 Å². The second-order valence-electron chi connectivity index (χ2n) is 19.4. The average molecular weight is 881 g/mol. The molecule has 0 radical (unpaired) electrons. The number of nitrogens with zero attached hydrogens (tertiary/aromatic N) is 6. The topological polar surface area (TPSA) is 52.9 Å². The van der Waals surface area contributed by atoms with Gasteiger partial charge in [-0.3, -0.25) is 9.13 Å². The van der Waals surface area contributed by atoms with E-state index in [2.05, 4.69) is 218 Å². The highest BCUT2D eigenvalue weighted by Gasteiger charge is 2.42. The van der Waals surface area contributed by atoms with E-state index in [0.29, 0.717) is 23.4 Å². The fraction of sp³-hybridized carbons (Fsp3) is 0.133. The zero-order chi connectivity index (χ0) is 45.5. The van der Waals surface area contributed by atoms with Crippen molar-refractivity contribution in [3.63, 3.8) is 0 Å². The van der Waals surface area contributed by atoms with E-state index in [1.165, 1.54) is 37.3 Å². The normalized spacial score (nSPS) is 14.4. The van der Waals surface area contributed by atoms with Gasteiger partial charge in [0.15, 0.2) is 19.6 Å². The van der Waals surface area contributed by atoms with Gasteiger partial charge in [0.1, 0.15) is 0 Å². The number of para-hydroxylation sites is 2. The van der Waals surface area contributed by atoms with Gasteiger partial charge in [0.05, 0.1) is 28.6 Å². The molecule has 11 aromatic rings. The molecule has 3 heterocycles. The minimum absolute atomic E-state index is 0.00397. The van der Waals surface area contributed by atoms with Gasteiger partial charge in [0.2, 0.25) is 11.9 Å². The van der Waals surface area contributed by atoms with Crippen LogP contribution in [0.25, 0.3) is 71.7 Å². The van der Waals surface area contributed by atoms with Crippen LogP contribution in [0.5, 0.6) is 0 Å². The summed E-state index contributed by atoms with van der Waals surface area (Å²) in [6, 6.07) is 69.8. The zero-order valence-corrected chi connectivity index (χ0v) is 39.1. The minimum Gasteiger partial charge on any atom is -0.278 e. The Hall–Kier alpha value is -7.92. The van der Waals surface area contributed by atoms with Crippen LogP contribution in [0.4, 0.5) is 5.69 Å². The van der Waals surface area contributed by atoms with Crippen molar-refractivity contribution in [2.24, 2.45) is 0 Å². The summed E-state index contributed by atoms with van der Waals surface area (Å²) in [4.78, 5) is 20.4. The summed E-state index contributed by atoms with van der Waals surface area (Å²) in [5, 5.41) is 9.49. The first kappa shape index (κ1) is 40.6. The Kier molecular flexibility index (Phi) is 9.29. The van der Waals surface area contributed by atoms with Gasteiger partial charge in [-0.1, -0.05) is 185 Å². The Morgan fingerprint density at radius 3 is 1.45 bits per heavy atom. The van der Waals surface area contributed by atoms with Gasteiger partial charge in [-0.05, 0) is 97.3 Å². The molecule has 0 saturated carbocycles. The van der Waals surface area contributed by atoms with Crippen LogP contribution in [0.1, 0.15) is 51.7 Å². The summed E-state index contributed by atoms with van der Waals surface area (Å²) in [6.07, 6.45) is 2.24. The molecule has 0 bridgehead atoms. The van der Waals surface area contributed by atoms with Gasteiger partial charge >= 0.3 is 0 Å². The van der Waals surface area contributed by atoms with Gasteiger partial charge < -0.3 is 0 Å². The minimum atomic E-state index is -2.90. The molecule has 0 N–H and O–H groups in total. The molecule has 8 aromatic carbocycles. The number of benzene rings is 8. The highest BCUT2D eigenvalue weighted by Crippen LogP contribution is 2.48. The molecule has 1 aliphatic rings. The standard InChI is InChI=1S/C60H48N6Si/c1-59(2)34-35-60(3,4)51-39-55-49(38-50(51)59)47-29-16-18-31-53(47)66(55)58-63-56(62-57(64-58)65-52-30-17-15-28-46(52)48-37-41(61-5)32-33-54(48)65)40-20-19-27-45(36-40)67(42-21-9-6-10-22-42,43-23-11-7-12-24-43)44-25-13-8-14-26-44/h6-33,36-39H,34-35H2,1-4H3. The van der Waals surface area contributed by atoms with E-state index < -0.39 is 8.07 Å². The van der Waals surface area contributed by atoms with Crippen molar-refractivity contribution in [3.05, 3.63) is 217 Å². The predicted molar refractivity (Wildman–Crippen MR) is 279 cm³/mol. The Labute approximate surface area is 391 Å². The molecule has 0 aliphatic heterocycles. The van der Waals surface area contributed by atoms with Crippen molar-refractivity contribution >= 4 is 78.1 Å². The lowest BCUT2D eigenvalue weighted by Crippen LogP contribution is -2.74. The first-order valence-corrected chi connectivity index (χ1v) is 25.2. The molecular formula is C60H48N6Si. The molecule has 7 heteroatoms. The fourth-order valence-corrected chi connectivity index (χ4v) is 15.9. The Morgan fingerprint density at radius 2 is 0.896 bits per heavy atom. The summed E-state index contributed by atoms with van der Waals surface area (Å²) >= 11 is 0. The van der Waals surface area contributed by atoms with Gasteiger partial charge in [-0.2, -0.15) is 15.0 Å². The zero-order valence-electron chi connectivity index (χ0n) is 38.1. The first-order chi connectivity index (χ1) is 32.7. The SMILES string of the molecule is [C-]#[N+]c1ccc2c(c1)c1ccccc1n2-c1nc(-c2cccc([Si](c3ccccc3)(c3ccccc3)c3ccccc3)c2)nc(-n2c3ccccc3c3cc4c(cc32)C(C)(C)CCC4(C)C)n1. The lowest BCUT2D eigenvalue weighted by Gasteiger charge is -2.42. The summed E-state index contributed by atoms with van der Waals surface area (Å²) in [7, 11) is -2.90. The van der Waals surface area contributed by atoms with Crippen molar-refractivity contribution in [3.8, 4) is 23.3 Å². The van der Waals surface area contributed by atoms with Crippen molar-refractivity contribution in [1.29, 1.82) is 0 Å². The monoisotopic (exact) mass is 880 g/mol. The second-order valence-corrected chi connectivity index (χ2v) is 23.2.